The summed E-state index contributed by atoms with van der Waals surface area (Å²) in [6.45, 7) is 0. The fraction of sp³-hybridized carbons (Fsp3) is 0.200. The monoisotopic (exact) mass is 340 g/mol. The molecule has 0 radical (unpaired) electrons. The zero-order chi connectivity index (χ0) is 14.8. The SMILES string of the molecule is CN(C)S(=O)(=O)c1cc(C(=O)NC(=N)N)ccc1Cl.Cl. The van der Waals surface area contributed by atoms with Crippen molar-refractivity contribution < 1.29 is 13.2 Å². The fourth-order valence-corrected chi connectivity index (χ4v) is 2.63. The van der Waals surface area contributed by atoms with E-state index >= 15 is 0 Å². The van der Waals surface area contributed by atoms with Crippen LogP contribution in [0, 0.1) is 5.41 Å². The number of rotatable bonds is 3. The van der Waals surface area contributed by atoms with E-state index in [4.69, 9.17) is 22.7 Å². The predicted octanol–water partition coefficient (Wildman–Crippen LogP) is 0.635. The maximum Gasteiger partial charge on any atom is 0.257 e. The van der Waals surface area contributed by atoms with Crippen LogP contribution in [0.2, 0.25) is 5.02 Å². The molecular weight excluding hydrogens is 327 g/mol. The van der Waals surface area contributed by atoms with E-state index in [0.29, 0.717) is 0 Å². The van der Waals surface area contributed by atoms with Gasteiger partial charge in [0.1, 0.15) is 4.90 Å². The van der Waals surface area contributed by atoms with Gasteiger partial charge in [-0.15, -0.1) is 12.4 Å². The summed E-state index contributed by atoms with van der Waals surface area (Å²) in [5, 5.41) is 9.02. The summed E-state index contributed by atoms with van der Waals surface area (Å²) in [7, 11) is -1.05. The van der Waals surface area contributed by atoms with E-state index in [1.165, 1.54) is 26.2 Å². The molecule has 0 aliphatic rings. The van der Waals surface area contributed by atoms with Crippen molar-refractivity contribution in [1.29, 1.82) is 5.41 Å². The number of halogens is 2. The highest BCUT2D eigenvalue weighted by atomic mass is 35.5. The molecule has 10 heteroatoms. The van der Waals surface area contributed by atoms with Gasteiger partial charge in [-0.25, -0.2) is 12.7 Å². The Kier molecular flexibility index (Phi) is 6.42. The van der Waals surface area contributed by atoms with E-state index in [2.05, 4.69) is 5.32 Å². The minimum absolute atomic E-state index is 0. The Hall–Kier alpha value is -1.35. The molecule has 112 valence electrons. The number of nitrogens with one attached hydrogen (secondary N) is 2. The Morgan fingerprint density at radius 3 is 2.40 bits per heavy atom. The number of amides is 1. The maximum absolute atomic E-state index is 12.0. The summed E-state index contributed by atoms with van der Waals surface area (Å²) in [6, 6.07) is 3.78. The average molecular weight is 341 g/mol. The molecular formula is C10H14Cl2N4O3S. The largest absolute Gasteiger partial charge is 0.370 e. The van der Waals surface area contributed by atoms with Crippen molar-refractivity contribution in [3.63, 3.8) is 0 Å². The normalized spacial score (nSPS) is 10.8. The van der Waals surface area contributed by atoms with Crippen molar-refractivity contribution in [2.24, 2.45) is 5.73 Å². The van der Waals surface area contributed by atoms with Crippen LogP contribution in [0.25, 0.3) is 0 Å². The van der Waals surface area contributed by atoms with Gasteiger partial charge in [0.2, 0.25) is 10.0 Å². The third-order valence-corrected chi connectivity index (χ3v) is 4.50. The zero-order valence-corrected chi connectivity index (χ0v) is 13.1. The number of benzene rings is 1. The van der Waals surface area contributed by atoms with Crippen molar-refractivity contribution in [3.8, 4) is 0 Å². The molecule has 20 heavy (non-hydrogen) atoms. The number of nitrogens with zero attached hydrogens (tertiary/aromatic N) is 1. The van der Waals surface area contributed by atoms with Gasteiger partial charge in [-0.2, -0.15) is 0 Å². The summed E-state index contributed by atoms with van der Waals surface area (Å²) in [5.74, 6) is -1.21. The average Bonchev–Trinajstić information content (AvgIpc) is 2.27. The van der Waals surface area contributed by atoms with Crippen LogP contribution in [0.5, 0.6) is 0 Å². The van der Waals surface area contributed by atoms with Crippen LogP contribution in [-0.4, -0.2) is 38.7 Å². The number of hydrogen-bond donors (Lipinski definition) is 3. The molecule has 0 atom stereocenters. The highest BCUT2D eigenvalue weighted by Gasteiger charge is 2.22. The van der Waals surface area contributed by atoms with Gasteiger partial charge < -0.3 is 5.73 Å². The Morgan fingerprint density at radius 1 is 1.40 bits per heavy atom. The third-order valence-electron chi connectivity index (χ3n) is 2.20. The van der Waals surface area contributed by atoms with Crippen LogP contribution < -0.4 is 11.1 Å². The van der Waals surface area contributed by atoms with E-state index in [9.17, 15) is 13.2 Å². The van der Waals surface area contributed by atoms with Crippen LogP contribution in [-0.2, 0) is 10.0 Å². The van der Waals surface area contributed by atoms with Crippen molar-refractivity contribution in [3.05, 3.63) is 28.8 Å². The molecule has 1 aromatic rings. The summed E-state index contributed by atoms with van der Waals surface area (Å²) in [4.78, 5) is 11.4. The molecule has 0 unspecified atom stereocenters. The van der Waals surface area contributed by atoms with Gasteiger partial charge in [-0.1, -0.05) is 11.6 Å². The number of guanidine groups is 1. The van der Waals surface area contributed by atoms with Gasteiger partial charge >= 0.3 is 0 Å². The van der Waals surface area contributed by atoms with Crippen molar-refractivity contribution in [2.45, 2.75) is 4.90 Å². The first-order valence-electron chi connectivity index (χ1n) is 5.03. The Labute approximate surface area is 128 Å². The molecule has 7 nitrogen and oxygen atoms in total. The number of carbonyl (C=O) groups is 1. The highest BCUT2D eigenvalue weighted by Crippen LogP contribution is 2.24. The lowest BCUT2D eigenvalue weighted by Crippen LogP contribution is -2.35. The molecule has 0 bridgehead atoms. The van der Waals surface area contributed by atoms with Crippen molar-refractivity contribution in [1.82, 2.24) is 9.62 Å². The second kappa shape index (κ2) is 6.89. The number of hydrogen-bond acceptors (Lipinski definition) is 4. The van der Waals surface area contributed by atoms with Crippen LogP contribution in [0.15, 0.2) is 23.1 Å². The molecule has 0 heterocycles. The van der Waals surface area contributed by atoms with E-state index < -0.39 is 21.9 Å². The van der Waals surface area contributed by atoms with E-state index in [-0.39, 0.29) is 27.9 Å². The van der Waals surface area contributed by atoms with E-state index in [1.54, 1.807) is 0 Å². The molecule has 0 aliphatic heterocycles. The van der Waals surface area contributed by atoms with E-state index in [0.717, 1.165) is 10.4 Å². The molecule has 1 rings (SSSR count). The van der Waals surface area contributed by atoms with Gasteiger partial charge in [-0.05, 0) is 18.2 Å². The summed E-state index contributed by atoms with van der Waals surface area (Å²) in [6.07, 6.45) is 0. The summed E-state index contributed by atoms with van der Waals surface area (Å²) < 4.78 is 25.0. The van der Waals surface area contributed by atoms with Crippen molar-refractivity contribution in [2.75, 3.05) is 14.1 Å². The van der Waals surface area contributed by atoms with Crippen LogP contribution in [0.3, 0.4) is 0 Å². The lowest BCUT2D eigenvalue weighted by Gasteiger charge is -2.13. The number of carbonyl (C=O) groups excluding carboxylic acids is 1. The minimum Gasteiger partial charge on any atom is -0.370 e. The second-order valence-corrected chi connectivity index (χ2v) is 6.33. The lowest BCUT2D eigenvalue weighted by atomic mass is 10.2. The minimum atomic E-state index is -3.76. The second-order valence-electron chi connectivity index (χ2n) is 3.80. The molecule has 0 fully saturated rings. The first-order valence-corrected chi connectivity index (χ1v) is 6.85. The number of nitrogens with two attached hydrogens (primary N) is 1. The van der Waals surface area contributed by atoms with Crippen molar-refractivity contribution >= 4 is 45.9 Å². The standard InChI is InChI=1S/C10H13ClN4O3S.ClH/c1-15(2)19(17,18)8-5-6(3-4-7(8)11)9(16)14-10(12)13;/h3-5H,1-2H3,(H4,12,13,14,16);1H. The zero-order valence-electron chi connectivity index (χ0n) is 10.7. The molecule has 0 saturated carbocycles. The van der Waals surface area contributed by atoms with Gasteiger partial charge in [0.05, 0.1) is 5.02 Å². The van der Waals surface area contributed by atoms with Crippen LogP contribution in [0.1, 0.15) is 10.4 Å². The fourth-order valence-electron chi connectivity index (χ4n) is 1.23. The van der Waals surface area contributed by atoms with E-state index in [1.807, 2.05) is 0 Å². The molecule has 4 N–H and O–H groups in total. The summed E-state index contributed by atoms with van der Waals surface area (Å²) in [5.41, 5.74) is 5.07. The van der Waals surface area contributed by atoms with Crippen LogP contribution in [0.4, 0.5) is 0 Å². The quantitative estimate of drug-likeness (QED) is 0.552. The predicted molar refractivity (Wildman–Crippen MR) is 79.0 cm³/mol. The smallest absolute Gasteiger partial charge is 0.257 e. The number of sulfonamides is 1. The molecule has 0 spiro atoms. The first kappa shape index (κ1) is 18.7. The van der Waals surface area contributed by atoms with Crippen LogP contribution >= 0.6 is 24.0 Å². The summed E-state index contributed by atoms with van der Waals surface area (Å²) >= 11 is 5.83. The molecule has 1 amide bonds. The molecule has 0 aliphatic carbocycles. The molecule has 1 aromatic carbocycles. The van der Waals surface area contributed by atoms with Gasteiger partial charge in [0.15, 0.2) is 5.96 Å². The first-order chi connectivity index (χ1) is 8.66. The van der Waals surface area contributed by atoms with Gasteiger partial charge in [0.25, 0.3) is 5.91 Å². The Balaban J connectivity index is 0.00000361. The maximum atomic E-state index is 12.0. The lowest BCUT2D eigenvalue weighted by molar-refractivity contribution is 0.0976. The third kappa shape index (κ3) is 4.07. The van der Waals surface area contributed by atoms with Gasteiger partial charge in [-0.3, -0.25) is 15.5 Å². The Bertz CT molecular complexity index is 631. The molecule has 0 saturated heterocycles. The molecule has 0 aromatic heterocycles. The van der Waals surface area contributed by atoms with Gasteiger partial charge in [0, 0.05) is 19.7 Å². The topological polar surface area (TPSA) is 116 Å². The highest BCUT2D eigenvalue weighted by molar-refractivity contribution is 7.89. The Morgan fingerprint density at radius 2 is 1.95 bits per heavy atom.